The highest BCUT2D eigenvalue weighted by Crippen LogP contribution is 2.30. The number of nitrogens with two attached hydrogens (primary N) is 1. The number of nitrogens with zero attached hydrogens (tertiary/aromatic N) is 1. The maximum absolute atomic E-state index is 13.2. The van der Waals surface area contributed by atoms with Crippen LogP contribution in [-0.4, -0.2) is 13.3 Å². The van der Waals surface area contributed by atoms with Crippen LogP contribution in [0.2, 0.25) is 0 Å². The molecule has 1 aromatic carbocycles. The van der Waals surface area contributed by atoms with Crippen LogP contribution >= 0.6 is 15.9 Å². The SMILES string of the molecule is NS(=O)(=O)c1ccc([N+](=O)[O-])c(F)c1Br. The standard InChI is InChI=1S/C6H4BrFN2O4S/c7-5-4(15(9,13)14)2-1-3(6(5)8)10(11)12/h1-2H,(H2,9,13,14). The Balaban J connectivity index is 3.55. The molecule has 0 aliphatic heterocycles. The Bertz CT molecular complexity index is 530. The molecule has 0 saturated heterocycles. The summed E-state index contributed by atoms with van der Waals surface area (Å²) in [5.41, 5.74) is -0.825. The van der Waals surface area contributed by atoms with Gasteiger partial charge in [0.15, 0.2) is 0 Å². The van der Waals surface area contributed by atoms with Crippen molar-refractivity contribution in [2.24, 2.45) is 5.14 Å². The van der Waals surface area contributed by atoms with E-state index < -0.39 is 35.8 Å². The second-order valence-electron chi connectivity index (χ2n) is 2.51. The molecule has 0 atom stereocenters. The fraction of sp³-hybridized carbons (Fsp3) is 0. The molecule has 0 spiro atoms. The van der Waals surface area contributed by atoms with Crippen molar-refractivity contribution in [3.05, 3.63) is 32.5 Å². The van der Waals surface area contributed by atoms with Crippen LogP contribution in [-0.2, 0) is 10.0 Å². The second-order valence-corrected chi connectivity index (χ2v) is 4.84. The number of primary sulfonamides is 1. The van der Waals surface area contributed by atoms with Crippen LogP contribution in [0, 0.1) is 15.9 Å². The van der Waals surface area contributed by atoms with E-state index in [1.54, 1.807) is 0 Å². The van der Waals surface area contributed by atoms with Gasteiger partial charge in [0.1, 0.15) is 0 Å². The van der Waals surface area contributed by atoms with E-state index in [-0.39, 0.29) is 0 Å². The third-order valence-corrected chi connectivity index (χ3v) is 3.52. The zero-order chi connectivity index (χ0) is 11.8. The molecule has 15 heavy (non-hydrogen) atoms. The minimum Gasteiger partial charge on any atom is -0.258 e. The molecule has 1 aromatic rings. The molecule has 0 unspecified atom stereocenters. The summed E-state index contributed by atoms with van der Waals surface area (Å²) < 4.78 is 34.5. The van der Waals surface area contributed by atoms with Crippen molar-refractivity contribution in [3.63, 3.8) is 0 Å². The van der Waals surface area contributed by atoms with E-state index in [1.165, 1.54) is 0 Å². The lowest BCUT2D eigenvalue weighted by molar-refractivity contribution is -0.387. The summed E-state index contributed by atoms with van der Waals surface area (Å²) in [4.78, 5) is 8.80. The molecule has 82 valence electrons. The van der Waals surface area contributed by atoms with Gasteiger partial charge in [-0.05, 0) is 22.0 Å². The highest BCUT2D eigenvalue weighted by molar-refractivity contribution is 9.10. The number of halogens is 2. The molecule has 2 N–H and O–H groups in total. The van der Waals surface area contributed by atoms with Gasteiger partial charge in [0.2, 0.25) is 15.8 Å². The molecule has 0 aliphatic carbocycles. The Kier molecular flexibility index (Phi) is 3.07. The Morgan fingerprint density at radius 1 is 1.47 bits per heavy atom. The summed E-state index contributed by atoms with van der Waals surface area (Å²) in [7, 11) is -4.11. The van der Waals surface area contributed by atoms with Crippen LogP contribution in [0.5, 0.6) is 0 Å². The molecule has 6 nitrogen and oxygen atoms in total. The average Bonchev–Trinajstić information content (AvgIpc) is 2.06. The maximum Gasteiger partial charge on any atom is 0.306 e. The van der Waals surface area contributed by atoms with Gasteiger partial charge < -0.3 is 0 Å². The lowest BCUT2D eigenvalue weighted by Crippen LogP contribution is -2.13. The number of benzene rings is 1. The quantitative estimate of drug-likeness (QED) is 0.653. The van der Waals surface area contributed by atoms with Crippen LogP contribution in [0.4, 0.5) is 10.1 Å². The molecule has 0 radical (unpaired) electrons. The third-order valence-electron chi connectivity index (χ3n) is 1.53. The minimum absolute atomic E-state index is 0.536. The van der Waals surface area contributed by atoms with Gasteiger partial charge in [-0.15, -0.1) is 0 Å². The highest BCUT2D eigenvalue weighted by Gasteiger charge is 2.23. The van der Waals surface area contributed by atoms with Gasteiger partial charge >= 0.3 is 5.69 Å². The van der Waals surface area contributed by atoms with E-state index in [4.69, 9.17) is 5.14 Å². The summed E-state index contributed by atoms with van der Waals surface area (Å²) in [6.07, 6.45) is 0. The number of nitro benzene ring substituents is 1. The van der Waals surface area contributed by atoms with Crippen molar-refractivity contribution >= 4 is 31.6 Å². The van der Waals surface area contributed by atoms with Crippen LogP contribution < -0.4 is 5.14 Å². The van der Waals surface area contributed by atoms with Crippen molar-refractivity contribution in [1.82, 2.24) is 0 Å². The van der Waals surface area contributed by atoms with E-state index in [1.807, 2.05) is 0 Å². The van der Waals surface area contributed by atoms with Crippen molar-refractivity contribution < 1.29 is 17.7 Å². The van der Waals surface area contributed by atoms with Gasteiger partial charge in [-0.3, -0.25) is 10.1 Å². The summed E-state index contributed by atoms with van der Waals surface area (Å²) >= 11 is 2.60. The second kappa shape index (κ2) is 3.83. The Labute approximate surface area is 92.2 Å². The molecule has 0 fully saturated rings. The molecule has 0 bridgehead atoms. The van der Waals surface area contributed by atoms with Gasteiger partial charge in [0, 0.05) is 6.07 Å². The monoisotopic (exact) mass is 298 g/mol. The van der Waals surface area contributed by atoms with E-state index in [2.05, 4.69) is 15.9 Å². The van der Waals surface area contributed by atoms with Crippen molar-refractivity contribution in [3.8, 4) is 0 Å². The summed E-state index contributed by atoms with van der Waals surface area (Å²) in [6, 6.07) is 1.60. The molecule has 0 aliphatic rings. The highest BCUT2D eigenvalue weighted by atomic mass is 79.9. The number of nitro groups is 1. The first kappa shape index (κ1) is 12.0. The molecule has 1 rings (SSSR count). The summed E-state index contributed by atoms with van der Waals surface area (Å²) in [5.74, 6) is -1.27. The van der Waals surface area contributed by atoms with Crippen molar-refractivity contribution in [1.29, 1.82) is 0 Å². The number of sulfonamides is 1. The minimum atomic E-state index is -4.11. The van der Waals surface area contributed by atoms with Gasteiger partial charge in [-0.2, -0.15) is 4.39 Å². The molecule has 0 saturated carbocycles. The predicted molar refractivity (Wildman–Crippen MR) is 52.1 cm³/mol. The number of hydrogen-bond donors (Lipinski definition) is 1. The predicted octanol–water partition coefficient (Wildman–Crippen LogP) is 1.14. The van der Waals surface area contributed by atoms with E-state index in [0.717, 1.165) is 12.1 Å². The first-order valence-electron chi connectivity index (χ1n) is 3.40. The first-order valence-corrected chi connectivity index (χ1v) is 5.74. The molecule has 0 aromatic heterocycles. The Hall–Kier alpha value is -1.06. The third kappa shape index (κ3) is 2.30. The molecule has 9 heteroatoms. The number of rotatable bonds is 2. The zero-order valence-corrected chi connectivity index (χ0v) is 9.38. The molecule has 0 heterocycles. The molecular formula is C6H4BrFN2O4S. The summed E-state index contributed by atoms with van der Waals surface area (Å²) in [5, 5.41) is 15.1. The fourth-order valence-corrected chi connectivity index (χ4v) is 2.49. The van der Waals surface area contributed by atoms with Crippen LogP contribution in [0.1, 0.15) is 0 Å². The van der Waals surface area contributed by atoms with Crippen LogP contribution in [0.15, 0.2) is 21.5 Å². The fourth-order valence-electron chi connectivity index (χ4n) is 0.882. The molecule has 0 amide bonds. The molecular weight excluding hydrogens is 295 g/mol. The lowest BCUT2D eigenvalue weighted by atomic mass is 10.3. The largest absolute Gasteiger partial charge is 0.306 e. The van der Waals surface area contributed by atoms with Gasteiger partial charge in [-0.25, -0.2) is 13.6 Å². The van der Waals surface area contributed by atoms with Crippen molar-refractivity contribution in [2.45, 2.75) is 4.90 Å². The van der Waals surface area contributed by atoms with E-state index >= 15 is 0 Å². The first-order chi connectivity index (χ1) is 6.75. The summed E-state index contributed by atoms with van der Waals surface area (Å²) in [6.45, 7) is 0. The maximum atomic E-state index is 13.2. The normalized spacial score (nSPS) is 11.4. The van der Waals surface area contributed by atoms with E-state index in [9.17, 15) is 22.9 Å². The smallest absolute Gasteiger partial charge is 0.258 e. The zero-order valence-electron chi connectivity index (χ0n) is 6.98. The Morgan fingerprint density at radius 2 is 2.00 bits per heavy atom. The van der Waals surface area contributed by atoms with Gasteiger partial charge in [-0.1, -0.05) is 0 Å². The Morgan fingerprint density at radius 3 is 2.40 bits per heavy atom. The van der Waals surface area contributed by atoms with Gasteiger partial charge in [0.25, 0.3) is 0 Å². The number of hydrogen-bond acceptors (Lipinski definition) is 4. The lowest BCUT2D eigenvalue weighted by Gasteiger charge is -2.02. The topological polar surface area (TPSA) is 103 Å². The van der Waals surface area contributed by atoms with Crippen LogP contribution in [0.3, 0.4) is 0 Å². The van der Waals surface area contributed by atoms with Crippen LogP contribution in [0.25, 0.3) is 0 Å². The van der Waals surface area contributed by atoms with Gasteiger partial charge in [0.05, 0.1) is 14.3 Å². The average molecular weight is 299 g/mol. The van der Waals surface area contributed by atoms with Crippen molar-refractivity contribution in [2.75, 3.05) is 0 Å². The van der Waals surface area contributed by atoms with E-state index in [0.29, 0.717) is 0 Å².